The zero-order chi connectivity index (χ0) is 24.2. The Morgan fingerprint density at radius 2 is 1.68 bits per heavy atom. The van der Waals surface area contributed by atoms with Crippen molar-refractivity contribution < 1.29 is 19.1 Å². The predicted molar refractivity (Wildman–Crippen MR) is 130 cm³/mol. The van der Waals surface area contributed by atoms with Crippen LogP contribution < -0.4 is 9.47 Å². The van der Waals surface area contributed by atoms with E-state index in [0.717, 1.165) is 17.0 Å². The van der Waals surface area contributed by atoms with Crippen molar-refractivity contribution in [2.24, 2.45) is 0 Å². The summed E-state index contributed by atoms with van der Waals surface area (Å²) < 4.78 is 12.9. The van der Waals surface area contributed by atoms with Gasteiger partial charge < -0.3 is 23.8 Å². The van der Waals surface area contributed by atoms with Gasteiger partial charge in [-0.05, 0) is 61.9 Å². The van der Waals surface area contributed by atoms with Crippen molar-refractivity contribution in [1.82, 2.24) is 14.4 Å². The third-order valence-corrected chi connectivity index (χ3v) is 6.27. The average molecular weight is 462 g/mol. The first-order valence-electron chi connectivity index (χ1n) is 11.5. The molecule has 0 fully saturated rings. The number of hydrogen-bond acceptors (Lipinski definition) is 4. The predicted octanol–water partition coefficient (Wildman–Crippen LogP) is 3.99. The Bertz CT molecular complexity index is 1170. The van der Waals surface area contributed by atoms with E-state index < -0.39 is 0 Å². The molecule has 1 atom stereocenters. The molecule has 0 radical (unpaired) electrons. The Labute approximate surface area is 200 Å². The van der Waals surface area contributed by atoms with E-state index in [9.17, 15) is 9.59 Å². The zero-order valence-electron chi connectivity index (χ0n) is 20.1. The normalized spacial score (nSPS) is 15.1. The van der Waals surface area contributed by atoms with Crippen LogP contribution in [0.25, 0.3) is 0 Å². The van der Waals surface area contributed by atoms with Gasteiger partial charge >= 0.3 is 0 Å². The fourth-order valence-corrected chi connectivity index (χ4v) is 4.46. The SMILES string of the molecule is COc1cccc(C(=O)N(CC(=O)N2CCn3cccc3[C@H]2c2cccc(OC)c2)C(C)C)c1. The quantitative estimate of drug-likeness (QED) is 0.534. The lowest BCUT2D eigenvalue weighted by atomic mass is 9.99. The van der Waals surface area contributed by atoms with Gasteiger partial charge in [0.1, 0.15) is 18.0 Å². The van der Waals surface area contributed by atoms with Gasteiger partial charge in [-0.1, -0.05) is 18.2 Å². The lowest BCUT2D eigenvalue weighted by Crippen LogP contribution is -2.49. The van der Waals surface area contributed by atoms with E-state index in [-0.39, 0.29) is 30.4 Å². The van der Waals surface area contributed by atoms with E-state index in [0.29, 0.717) is 24.4 Å². The Kier molecular flexibility index (Phi) is 6.91. The van der Waals surface area contributed by atoms with Crippen LogP contribution in [0, 0.1) is 0 Å². The highest BCUT2D eigenvalue weighted by Crippen LogP contribution is 2.34. The molecule has 0 saturated carbocycles. The number of hydrogen-bond donors (Lipinski definition) is 0. The summed E-state index contributed by atoms with van der Waals surface area (Å²) >= 11 is 0. The highest BCUT2D eigenvalue weighted by Gasteiger charge is 2.34. The van der Waals surface area contributed by atoms with Gasteiger partial charge in [0, 0.05) is 36.6 Å². The van der Waals surface area contributed by atoms with Crippen molar-refractivity contribution in [1.29, 1.82) is 0 Å². The molecule has 2 amide bonds. The summed E-state index contributed by atoms with van der Waals surface area (Å²) in [4.78, 5) is 30.5. The molecule has 0 aliphatic carbocycles. The van der Waals surface area contributed by atoms with Crippen LogP contribution in [0.1, 0.15) is 41.5 Å². The lowest BCUT2D eigenvalue weighted by Gasteiger charge is -2.39. The number of nitrogens with zero attached hydrogens (tertiary/aromatic N) is 3. The molecule has 178 valence electrons. The van der Waals surface area contributed by atoms with Crippen LogP contribution in [0.5, 0.6) is 11.5 Å². The number of benzene rings is 2. The minimum atomic E-state index is -0.257. The van der Waals surface area contributed by atoms with Gasteiger partial charge in [-0.25, -0.2) is 0 Å². The third kappa shape index (κ3) is 4.64. The molecule has 0 unspecified atom stereocenters. The zero-order valence-corrected chi connectivity index (χ0v) is 20.1. The molecule has 2 aromatic carbocycles. The summed E-state index contributed by atoms with van der Waals surface area (Å²) in [7, 11) is 3.20. The van der Waals surface area contributed by atoms with E-state index >= 15 is 0 Å². The van der Waals surface area contributed by atoms with E-state index in [1.54, 1.807) is 43.4 Å². The summed E-state index contributed by atoms with van der Waals surface area (Å²) in [5.41, 5.74) is 2.52. The molecule has 7 nitrogen and oxygen atoms in total. The highest BCUT2D eigenvalue weighted by atomic mass is 16.5. The van der Waals surface area contributed by atoms with Gasteiger partial charge in [-0.3, -0.25) is 9.59 Å². The molecule has 2 heterocycles. The number of amides is 2. The molecule has 0 spiro atoms. The molecule has 3 aromatic rings. The Morgan fingerprint density at radius 3 is 2.38 bits per heavy atom. The maximum absolute atomic E-state index is 13.7. The second-order valence-electron chi connectivity index (χ2n) is 8.65. The Balaban J connectivity index is 1.63. The third-order valence-electron chi connectivity index (χ3n) is 6.27. The molecule has 7 heteroatoms. The number of fused-ring (bicyclic) bond motifs is 1. The minimum absolute atomic E-state index is 0.00507. The van der Waals surface area contributed by atoms with E-state index in [2.05, 4.69) is 4.57 Å². The number of carbonyl (C=O) groups is 2. The summed E-state index contributed by atoms with van der Waals surface area (Å²) in [5.74, 6) is 1.06. The Morgan fingerprint density at radius 1 is 0.971 bits per heavy atom. The van der Waals surface area contributed by atoms with Gasteiger partial charge in [-0.2, -0.15) is 0 Å². The van der Waals surface area contributed by atoms with Crippen molar-refractivity contribution in [3.63, 3.8) is 0 Å². The molecule has 0 saturated heterocycles. The topological polar surface area (TPSA) is 64.0 Å². The average Bonchev–Trinajstić information content (AvgIpc) is 3.35. The van der Waals surface area contributed by atoms with Crippen molar-refractivity contribution in [3.05, 3.63) is 83.7 Å². The first-order valence-corrected chi connectivity index (χ1v) is 11.5. The number of carbonyl (C=O) groups excluding carboxylic acids is 2. The van der Waals surface area contributed by atoms with Gasteiger partial charge in [0.25, 0.3) is 5.91 Å². The van der Waals surface area contributed by atoms with Crippen LogP contribution in [0.2, 0.25) is 0 Å². The van der Waals surface area contributed by atoms with Crippen LogP contribution in [0.4, 0.5) is 0 Å². The molecule has 0 N–H and O–H groups in total. The maximum atomic E-state index is 13.7. The van der Waals surface area contributed by atoms with Gasteiger partial charge in [0.15, 0.2) is 0 Å². The highest BCUT2D eigenvalue weighted by molar-refractivity contribution is 5.97. The second kappa shape index (κ2) is 10.0. The molecular formula is C27H31N3O4. The standard InChI is InChI=1S/C27H31N3O4/c1-19(2)30(27(32)21-9-6-11-23(17-21)34-4)18-25(31)29-15-14-28-13-7-12-24(28)26(29)20-8-5-10-22(16-20)33-3/h5-13,16-17,19,26H,14-15,18H2,1-4H3/t26-/m1/s1. The summed E-state index contributed by atoms with van der Waals surface area (Å²) in [5, 5.41) is 0. The lowest BCUT2D eigenvalue weighted by molar-refractivity contribution is -0.135. The largest absolute Gasteiger partial charge is 0.497 e. The molecule has 1 aliphatic heterocycles. The smallest absolute Gasteiger partial charge is 0.254 e. The monoisotopic (exact) mass is 461 g/mol. The van der Waals surface area contributed by atoms with Gasteiger partial charge in [-0.15, -0.1) is 0 Å². The summed E-state index contributed by atoms with van der Waals surface area (Å²) in [6.07, 6.45) is 2.04. The van der Waals surface area contributed by atoms with Crippen LogP contribution in [0.3, 0.4) is 0 Å². The molecular weight excluding hydrogens is 430 g/mol. The number of ether oxygens (including phenoxy) is 2. The van der Waals surface area contributed by atoms with Crippen molar-refractivity contribution in [3.8, 4) is 11.5 Å². The number of methoxy groups -OCH3 is 2. The fourth-order valence-electron chi connectivity index (χ4n) is 4.46. The van der Waals surface area contributed by atoms with Crippen molar-refractivity contribution in [2.75, 3.05) is 27.3 Å². The number of aromatic nitrogens is 1. The minimum Gasteiger partial charge on any atom is -0.497 e. The molecule has 4 rings (SSSR count). The van der Waals surface area contributed by atoms with E-state index in [1.807, 2.05) is 61.3 Å². The van der Waals surface area contributed by atoms with Crippen molar-refractivity contribution in [2.45, 2.75) is 32.5 Å². The first kappa shape index (κ1) is 23.4. The van der Waals surface area contributed by atoms with Crippen LogP contribution in [0.15, 0.2) is 66.9 Å². The number of rotatable bonds is 7. The van der Waals surface area contributed by atoms with Crippen LogP contribution in [-0.2, 0) is 11.3 Å². The van der Waals surface area contributed by atoms with E-state index in [1.165, 1.54) is 0 Å². The maximum Gasteiger partial charge on any atom is 0.254 e. The van der Waals surface area contributed by atoms with Crippen LogP contribution in [-0.4, -0.2) is 59.5 Å². The van der Waals surface area contributed by atoms with Crippen LogP contribution >= 0.6 is 0 Å². The van der Waals surface area contributed by atoms with Gasteiger partial charge in [0.05, 0.1) is 20.3 Å². The molecule has 34 heavy (non-hydrogen) atoms. The first-order chi connectivity index (χ1) is 16.4. The second-order valence-corrected chi connectivity index (χ2v) is 8.65. The molecule has 1 aromatic heterocycles. The van der Waals surface area contributed by atoms with E-state index in [4.69, 9.17) is 9.47 Å². The van der Waals surface area contributed by atoms with Gasteiger partial charge in [0.2, 0.25) is 5.91 Å². The van der Waals surface area contributed by atoms with Crippen molar-refractivity contribution >= 4 is 11.8 Å². The molecule has 0 bridgehead atoms. The summed E-state index contributed by atoms with van der Waals surface area (Å²) in [6.45, 7) is 5.11. The fraction of sp³-hybridized carbons (Fsp3) is 0.333. The Hall–Kier alpha value is -3.74. The molecule has 1 aliphatic rings. The summed E-state index contributed by atoms with van der Waals surface area (Å²) in [6, 6.07) is 18.5.